The minimum Gasteiger partial charge on any atom is -0.324 e. The maximum atomic E-state index is 12.5. The molecule has 2 aromatic rings. The normalized spacial score (nSPS) is 13.6. The highest BCUT2D eigenvalue weighted by Gasteiger charge is 2.21. The summed E-state index contributed by atoms with van der Waals surface area (Å²) in [5, 5.41) is 3.89. The van der Waals surface area contributed by atoms with Crippen molar-refractivity contribution in [2.45, 2.75) is 24.4 Å². The molecular formula is C14H18N2O2S2. The van der Waals surface area contributed by atoms with E-state index in [9.17, 15) is 8.42 Å². The fraction of sp³-hybridized carbons (Fsp3) is 0.286. The average molecular weight is 310 g/mol. The SMILES string of the molecule is CC(N)c1cccc(S(=O)(=O)N(C)Cc2ccsc2)c1. The second kappa shape index (κ2) is 6.05. The number of rotatable bonds is 5. The van der Waals surface area contributed by atoms with Gasteiger partial charge in [-0.15, -0.1) is 0 Å². The molecule has 0 fully saturated rings. The van der Waals surface area contributed by atoms with Crippen LogP contribution in [0, 0.1) is 0 Å². The second-order valence-electron chi connectivity index (χ2n) is 4.75. The molecule has 1 heterocycles. The number of hydrogen-bond acceptors (Lipinski definition) is 4. The Labute approximate surface area is 123 Å². The molecule has 0 aliphatic heterocycles. The van der Waals surface area contributed by atoms with Crippen molar-refractivity contribution in [3.05, 3.63) is 52.2 Å². The molecule has 0 saturated heterocycles. The van der Waals surface area contributed by atoms with Crippen LogP contribution in [0.5, 0.6) is 0 Å². The van der Waals surface area contributed by atoms with Crippen molar-refractivity contribution in [1.29, 1.82) is 0 Å². The molecule has 108 valence electrons. The van der Waals surface area contributed by atoms with Crippen molar-refractivity contribution in [1.82, 2.24) is 4.31 Å². The van der Waals surface area contributed by atoms with Gasteiger partial charge in [-0.2, -0.15) is 15.6 Å². The van der Waals surface area contributed by atoms with Gasteiger partial charge in [-0.3, -0.25) is 0 Å². The molecule has 2 rings (SSSR count). The zero-order chi connectivity index (χ0) is 14.8. The zero-order valence-corrected chi connectivity index (χ0v) is 13.1. The van der Waals surface area contributed by atoms with Gasteiger partial charge in [0.1, 0.15) is 0 Å². The van der Waals surface area contributed by atoms with Gasteiger partial charge in [0.25, 0.3) is 0 Å². The van der Waals surface area contributed by atoms with Gasteiger partial charge in [-0.1, -0.05) is 12.1 Å². The van der Waals surface area contributed by atoms with Crippen LogP contribution in [-0.2, 0) is 16.6 Å². The summed E-state index contributed by atoms with van der Waals surface area (Å²) in [6, 6.07) is 8.55. The molecule has 1 aromatic carbocycles. The molecule has 0 bridgehead atoms. The van der Waals surface area contributed by atoms with Crippen LogP contribution < -0.4 is 5.73 Å². The van der Waals surface area contributed by atoms with Gasteiger partial charge in [0.05, 0.1) is 4.90 Å². The van der Waals surface area contributed by atoms with Crippen molar-refractivity contribution in [3.63, 3.8) is 0 Å². The topological polar surface area (TPSA) is 63.4 Å². The van der Waals surface area contributed by atoms with Gasteiger partial charge in [0.2, 0.25) is 10.0 Å². The number of nitrogens with two attached hydrogens (primary N) is 1. The van der Waals surface area contributed by atoms with E-state index < -0.39 is 10.0 Å². The summed E-state index contributed by atoms with van der Waals surface area (Å²) in [5.74, 6) is 0. The Morgan fingerprint density at radius 2 is 2.10 bits per heavy atom. The van der Waals surface area contributed by atoms with E-state index in [0.29, 0.717) is 6.54 Å². The van der Waals surface area contributed by atoms with Crippen LogP contribution in [0.2, 0.25) is 0 Å². The van der Waals surface area contributed by atoms with E-state index in [4.69, 9.17) is 5.73 Å². The van der Waals surface area contributed by atoms with Gasteiger partial charge in [-0.05, 0) is 47.0 Å². The summed E-state index contributed by atoms with van der Waals surface area (Å²) in [4.78, 5) is 0.282. The van der Waals surface area contributed by atoms with Crippen LogP contribution in [0.3, 0.4) is 0 Å². The largest absolute Gasteiger partial charge is 0.324 e. The first-order valence-electron chi connectivity index (χ1n) is 6.24. The minimum atomic E-state index is -3.49. The highest BCUT2D eigenvalue weighted by Crippen LogP contribution is 2.20. The smallest absolute Gasteiger partial charge is 0.243 e. The van der Waals surface area contributed by atoms with Crippen molar-refractivity contribution in [2.24, 2.45) is 5.73 Å². The zero-order valence-electron chi connectivity index (χ0n) is 11.5. The molecule has 0 aliphatic carbocycles. The third-order valence-corrected chi connectivity index (χ3v) is 5.61. The molecule has 4 nitrogen and oxygen atoms in total. The van der Waals surface area contributed by atoms with Crippen LogP contribution in [-0.4, -0.2) is 19.8 Å². The van der Waals surface area contributed by atoms with E-state index in [1.807, 2.05) is 29.8 Å². The average Bonchev–Trinajstić information content (AvgIpc) is 2.91. The summed E-state index contributed by atoms with van der Waals surface area (Å²) in [6.45, 7) is 2.20. The lowest BCUT2D eigenvalue weighted by molar-refractivity contribution is 0.467. The molecule has 0 spiro atoms. The summed E-state index contributed by atoms with van der Waals surface area (Å²) in [5.41, 5.74) is 7.61. The number of benzene rings is 1. The Balaban J connectivity index is 2.27. The maximum absolute atomic E-state index is 12.5. The Bertz CT molecular complexity index is 664. The Morgan fingerprint density at radius 1 is 1.35 bits per heavy atom. The summed E-state index contributed by atoms with van der Waals surface area (Å²) in [7, 11) is -1.90. The first-order valence-corrected chi connectivity index (χ1v) is 8.62. The lowest BCUT2D eigenvalue weighted by Crippen LogP contribution is -2.26. The molecule has 2 N–H and O–H groups in total. The predicted molar refractivity (Wildman–Crippen MR) is 82.0 cm³/mol. The van der Waals surface area contributed by atoms with Gasteiger partial charge in [0.15, 0.2) is 0 Å². The molecule has 0 radical (unpaired) electrons. The first kappa shape index (κ1) is 15.2. The summed E-state index contributed by atoms with van der Waals surface area (Å²) >= 11 is 1.56. The van der Waals surface area contributed by atoms with Gasteiger partial charge in [0, 0.05) is 19.6 Å². The monoisotopic (exact) mass is 310 g/mol. The van der Waals surface area contributed by atoms with E-state index in [2.05, 4.69) is 0 Å². The van der Waals surface area contributed by atoms with Gasteiger partial charge in [-0.25, -0.2) is 8.42 Å². The molecule has 1 aromatic heterocycles. The quantitative estimate of drug-likeness (QED) is 0.923. The van der Waals surface area contributed by atoms with Crippen LogP contribution in [0.4, 0.5) is 0 Å². The lowest BCUT2D eigenvalue weighted by Gasteiger charge is -2.17. The van der Waals surface area contributed by atoms with E-state index in [1.54, 1.807) is 36.6 Å². The third kappa shape index (κ3) is 3.27. The standard InChI is InChI=1S/C14H18N2O2S2/c1-11(15)13-4-3-5-14(8-13)20(17,18)16(2)9-12-6-7-19-10-12/h3-8,10-11H,9,15H2,1-2H3. The number of hydrogen-bond donors (Lipinski definition) is 1. The molecule has 6 heteroatoms. The van der Waals surface area contributed by atoms with Crippen molar-refractivity contribution in [2.75, 3.05) is 7.05 Å². The van der Waals surface area contributed by atoms with Gasteiger partial charge >= 0.3 is 0 Å². The predicted octanol–water partition coefficient (Wildman–Crippen LogP) is 2.59. The Morgan fingerprint density at radius 3 is 2.70 bits per heavy atom. The Kier molecular flexibility index (Phi) is 4.59. The second-order valence-corrected chi connectivity index (χ2v) is 7.58. The fourth-order valence-corrected chi connectivity index (χ4v) is 3.74. The highest BCUT2D eigenvalue weighted by atomic mass is 32.2. The summed E-state index contributed by atoms with van der Waals surface area (Å²) in [6.07, 6.45) is 0. The number of sulfonamides is 1. The van der Waals surface area contributed by atoms with E-state index in [-0.39, 0.29) is 10.9 Å². The molecule has 0 amide bonds. The van der Waals surface area contributed by atoms with Crippen LogP contribution in [0.15, 0.2) is 46.0 Å². The van der Waals surface area contributed by atoms with E-state index >= 15 is 0 Å². The first-order chi connectivity index (χ1) is 9.41. The van der Waals surface area contributed by atoms with E-state index in [0.717, 1.165) is 11.1 Å². The van der Waals surface area contributed by atoms with Crippen molar-refractivity contribution >= 4 is 21.4 Å². The Hall–Kier alpha value is -1.21. The van der Waals surface area contributed by atoms with Crippen LogP contribution in [0.1, 0.15) is 24.1 Å². The highest BCUT2D eigenvalue weighted by molar-refractivity contribution is 7.89. The molecule has 1 unspecified atom stereocenters. The molecule has 0 aliphatic rings. The molecule has 0 saturated carbocycles. The van der Waals surface area contributed by atoms with Crippen LogP contribution >= 0.6 is 11.3 Å². The lowest BCUT2D eigenvalue weighted by atomic mass is 10.1. The fourth-order valence-electron chi connectivity index (χ4n) is 1.86. The van der Waals surface area contributed by atoms with E-state index in [1.165, 1.54) is 4.31 Å². The third-order valence-electron chi connectivity index (χ3n) is 3.08. The molecule has 1 atom stereocenters. The van der Waals surface area contributed by atoms with Crippen LogP contribution in [0.25, 0.3) is 0 Å². The molecular weight excluding hydrogens is 292 g/mol. The van der Waals surface area contributed by atoms with Crippen molar-refractivity contribution < 1.29 is 8.42 Å². The maximum Gasteiger partial charge on any atom is 0.243 e. The summed E-state index contributed by atoms with van der Waals surface area (Å²) < 4.78 is 26.4. The molecule has 20 heavy (non-hydrogen) atoms. The number of thiophene rings is 1. The van der Waals surface area contributed by atoms with Gasteiger partial charge < -0.3 is 5.73 Å². The van der Waals surface area contributed by atoms with Crippen molar-refractivity contribution in [3.8, 4) is 0 Å². The minimum absolute atomic E-state index is 0.188. The number of nitrogens with zero attached hydrogens (tertiary/aromatic N) is 1.